The maximum atomic E-state index is 3.56. The summed E-state index contributed by atoms with van der Waals surface area (Å²) in [5.41, 5.74) is 0. The normalized spacial score (nSPS) is 6.67. The largest absolute Gasteiger partial charge is 0.266 e. The molecule has 4 heteroatoms. The fraction of sp³-hybridized carbons (Fsp3) is 0. The van der Waals surface area contributed by atoms with Crippen LogP contribution in [0.15, 0.2) is 12.7 Å². The van der Waals surface area contributed by atoms with E-state index in [9.17, 15) is 0 Å². The topological polar surface area (TPSA) is 41.6 Å². The van der Waals surface area contributed by atoms with Crippen LogP contribution in [0.4, 0.5) is 0 Å². The Morgan fingerprint density at radius 1 is 1.50 bits per heavy atom. The van der Waals surface area contributed by atoms with Crippen molar-refractivity contribution in [3.05, 3.63) is 12.7 Å². The second-order valence-corrected chi connectivity index (χ2v) is 0.652. The van der Waals surface area contributed by atoms with E-state index in [0.717, 1.165) is 0 Å². The summed E-state index contributed by atoms with van der Waals surface area (Å²) in [5.74, 6) is 0. The van der Waals surface area contributed by atoms with Gasteiger partial charge in [-0.15, -0.1) is 0 Å². The summed E-state index contributed by atoms with van der Waals surface area (Å²) in [5, 5.41) is 5.99. The molecule has 0 bridgehead atoms. The first-order chi connectivity index (χ1) is 2.50. The van der Waals surface area contributed by atoms with Crippen molar-refractivity contribution in [3.63, 3.8) is 0 Å². The Labute approximate surface area is 52.1 Å². The summed E-state index contributed by atoms with van der Waals surface area (Å²) >= 11 is 0. The zero-order valence-corrected chi connectivity index (χ0v) is 5.90. The van der Waals surface area contributed by atoms with Crippen LogP contribution in [0.5, 0.6) is 0 Å². The van der Waals surface area contributed by atoms with Crippen LogP contribution in [0.1, 0.15) is 0 Å². The van der Waals surface area contributed by atoms with Crippen LogP contribution < -0.4 is 0 Å². The first kappa shape index (κ1) is 5.94. The molecule has 0 saturated heterocycles. The predicted octanol–water partition coefficient (Wildman–Crippen LogP) is -0.576. The van der Waals surface area contributed by atoms with E-state index in [1.54, 1.807) is 0 Å². The molecule has 0 spiro atoms. The predicted molar refractivity (Wildman–Crippen MR) is 22.1 cm³/mol. The maximum absolute atomic E-state index is 3.56. The Morgan fingerprint density at radius 2 is 2.33 bits per heavy atom. The van der Waals surface area contributed by atoms with E-state index in [-0.39, 0.29) is 23.9 Å². The van der Waals surface area contributed by atoms with Gasteiger partial charge in [-0.1, -0.05) is 0 Å². The molecule has 0 aliphatic heterocycles. The standard InChI is InChI=1S/C2H3N3.Sn/c1-3-2-5-4-1;/h1-2H,(H,3,4,5);. The molecule has 1 rings (SSSR count). The van der Waals surface area contributed by atoms with Crippen molar-refractivity contribution in [2.75, 3.05) is 0 Å². The number of aromatic nitrogens is 3. The summed E-state index contributed by atoms with van der Waals surface area (Å²) in [4.78, 5) is 3.56. The first-order valence-corrected chi connectivity index (χ1v) is 1.29. The van der Waals surface area contributed by atoms with Gasteiger partial charge in [0.05, 0.1) is 0 Å². The van der Waals surface area contributed by atoms with Crippen molar-refractivity contribution < 1.29 is 0 Å². The van der Waals surface area contributed by atoms with Gasteiger partial charge in [0.2, 0.25) is 0 Å². The molecule has 0 amide bonds. The van der Waals surface area contributed by atoms with Crippen LogP contribution in [0, 0.1) is 0 Å². The van der Waals surface area contributed by atoms with Crippen LogP contribution >= 0.6 is 0 Å². The van der Waals surface area contributed by atoms with E-state index in [0.29, 0.717) is 0 Å². The Hall–Kier alpha value is -0.0613. The first-order valence-electron chi connectivity index (χ1n) is 1.29. The van der Waals surface area contributed by atoms with Crippen molar-refractivity contribution in [2.24, 2.45) is 0 Å². The minimum Gasteiger partial charge on any atom is -0.266 e. The monoisotopic (exact) mass is 189 g/mol. The molecule has 0 fully saturated rings. The minimum absolute atomic E-state index is 0. The summed E-state index contributed by atoms with van der Waals surface area (Å²) in [6, 6.07) is 0. The van der Waals surface area contributed by atoms with Crippen LogP contribution in [-0.2, 0) is 0 Å². The van der Waals surface area contributed by atoms with Gasteiger partial charge in [0.1, 0.15) is 12.7 Å². The van der Waals surface area contributed by atoms with Crippen molar-refractivity contribution in [1.29, 1.82) is 0 Å². The van der Waals surface area contributed by atoms with E-state index in [4.69, 9.17) is 0 Å². The number of hydrogen-bond donors (Lipinski definition) is 1. The van der Waals surface area contributed by atoms with E-state index in [2.05, 4.69) is 15.2 Å². The Kier molecular flexibility index (Phi) is 3.11. The molecule has 0 aliphatic rings. The zero-order valence-electron chi connectivity index (χ0n) is 3.05. The molecule has 3 nitrogen and oxygen atoms in total. The van der Waals surface area contributed by atoms with Gasteiger partial charge < -0.3 is 0 Å². The molecular weight excluding hydrogens is 185 g/mol. The number of nitrogens with zero attached hydrogens (tertiary/aromatic N) is 2. The third-order valence-corrected chi connectivity index (χ3v) is 0.331. The molecule has 6 heavy (non-hydrogen) atoms. The second kappa shape index (κ2) is 3.14. The van der Waals surface area contributed by atoms with Gasteiger partial charge >= 0.3 is 0 Å². The Morgan fingerprint density at radius 3 is 2.50 bits per heavy atom. The number of nitrogens with one attached hydrogen (secondary N) is 1. The van der Waals surface area contributed by atoms with Gasteiger partial charge in [0.15, 0.2) is 0 Å². The van der Waals surface area contributed by atoms with E-state index >= 15 is 0 Å². The van der Waals surface area contributed by atoms with Crippen molar-refractivity contribution >= 4 is 23.9 Å². The van der Waals surface area contributed by atoms with Gasteiger partial charge in [-0.05, 0) is 0 Å². The molecule has 1 N–H and O–H groups in total. The van der Waals surface area contributed by atoms with E-state index < -0.39 is 0 Å². The summed E-state index contributed by atoms with van der Waals surface area (Å²) < 4.78 is 0. The van der Waals surface area contributed by atoms with Gasteiger partial charge in [0, 0.05) is 23.9 Å². The van der Waals surface area contributed by atoms with Crippen LogP contribution in [0.25, 0.3) is 0 Å². The van der Waals surface area contributed by atoms with E-state index in [1.807, 2.05) is 0 Å². The number of H-pyrrole nitrogens is 1. The number of aromatic amines is 1. The van der Waals surface area contributed by atoms with Crippen LogP contribution in [-0.4, -0.2) is 39.1 Å². The summed E-state index contributed by atoms with van der Waals surface area (Å²) in [6.07, 6.45) is 2.96. The average molecular weight is 188 g/mol. The van der Waals surface area contributed by atoms with Crippen molar-refractivity contribution in [3.8, 4) is 0 Å². The van der Waals surface area contributed by atoms with Gasteiger partial charge in [-0.2, -0.15) is 5.10 Å². The number of hydrogen-bond acceptors (Lipinski definition) is 2. The molecule has 1 heterocycles. The van der Waals surface area contributed by atoms with Crippen LogP contribution in [0.2, 0.25) is 0 Å². The zero-order chi connectivity index (χ0) is 3.54. The molecule has 30 valence electrons. The van der Waals surface area contributed by atoms with Crippen LogP contribution in [0.3, 0.4) is 0 Å². The van der Waals surface area contributed by atoms with Gasteiger partial charge in [0.25, 0.3) is 0 Å². The molecule has 1 aromatic rings. The van der Waals surface area contributed by atoms with Gasteiger partial charge in [-0.25, -0.2) is 4.98 Å². The quantitative estimate of drug-likeness (QED) is 0.553. The molecule has 4 radical (unpaired) electrons. The molecule has 0 aliphatic carbocycles. The fourth-order valence-corrected chi connectivity index (χ4v) is 0.167. The Bertz CT molecular complexity index is 65.3. The minimum atomic E-state index is 0. The second-order valence-electron chi connectivity index (χ2n) is 0.652. The SMILES string of the molecule is [Sn].c1nc[nH]n1. The molecule has 0 saturated carbocycles. The number of rotatable bonds is 0. The Balaban J connectivity index is 0.000000250. The smallest absolute Gasteiger partial charge is 0.137 e. The van der Waals surface area contributed by atoms with E-state index in [1.165, 1.54) is 12.7 Å². The van der Waals surface area contributed by atoms with Crippen molar-refractivity contribution in [2.45, 2.75) is 0 Å². The fourth-order valence-electron chi connectivity index (χ4n) is 0.167. The summed E-state index contributed by atoms with van der Waals surface area (Å²) in [7, 11) is 0. The summed E-state index contributed by atoms with van der Waals surface area (Å²) in [6.45, 7) is 0. The molecular formula is C2H3N3Sn. The maximum Gasteiger partial charge on any atom is 0.137 e. The molecule has 0 aromatic carbocycles. The molecule has 0 unspecified atom stereocenters. The average Bonchev–Trinajstić information content (AvgIpc) is 1.76. The third-order valence-electron chi connectivity index (χ3n) is 0.331. The van der Waals surface area contributed by atoms with Crippen molar-refractivity contribution in [1.82, 2.24) is 15.2 Å². The molecule has 0 atom stereocenters. The third kappa shape index (κ3) is 1.39. The van der Waals surface area contributed by atoms with Gasteiger partial charge in [-0.3, -0.25) is 5.10 Å². The molecule has 1 aromatic heterocycles.